The Bertz CT molecular complexity index is 480. The van der Waals surface area contributed by atoms with Crippen molar-refractivity contribution in [2.45, 2.75) is 38.8 Å². The van der Waals surface area contributed by atoms with Crippen LogP contribution in [0.15, 0.2) is 24.3 Å². The number of nitrogen functional groups attached to an aromatic ring is 1. The average molecular weight is 295 g/mol. The van der Waals surface area contributed by atoms with Crippen molar-refractivity contribution in [3.05, 3.63) is 29.8 Å². The largest absolute Gasteiger partial charge is 0.444 e. The highest BCUT2D eigenvalue weighted by molar-refractivity contribution is 7.80. The maximum Gasteiger partial charge on any atom is 0.408 e. The monoisotopic (exact) mass is 295 g/mol. The van der Waals surface area contributed by atoms with Gasteiger partial charge in [-0.3, -0.25) is 0 Å². The fourth-order valence-electron chi connectivity index (χ4n) is 1.56. The number of thiocarbonyl (C=S) groups is 1. The van der Waals surface area contributed by atoms with Crippen molar-refractivity contribution in [1.82, 2.24) is 5.32 Å². The van der Waals surface area contributed by atoms with Gasteiger partial charge in [-0.2, -0.15) is 0 Å². The van der Waals surface area contributed by atoms with E-state index in [4.69, 9.17) is 28.4 Å². The number of amides is 1. The lowest BCUT2D eigenvalue weighted by Crippen LogP contribution is -2.46. The van der Waals surface area contributed by atoms with Gasteiger partial charge in [-0.05, 0) is 44.9 Å². The zero-order chi connectivity index (χ0) is 15.3. The Kier molecular flexibility index (Phi) is 5.33. The molecule has 0 fully saturated rings. The zero-order valence-corrected chi connectivity index (χ0v) is 12.8. The summed E-state index contributed by atoms with van der Waals surface area (Å²) in [5.41, 5.74) is 12.4. The van der Waals surface area contributed by atoms with E-state index >= 15 is 0 Å². The van der Waals surface area contributed by atoms with Crippen molar-refractivity contribution in [3.63, 3.8) is 0 Å². The second kappa shape index (κ2) is 6.56. The fourth-order valence-corrected chi connectivity index (χ4v) is 1.70. The Morgan fingerprint density at radius 3 is 2.35 bits per heavy atom. The van der Waals surface area contributed by atoms with Crippen LogP contribution in [0.5, 0.6) is 0 Å². The molecule has 0 bridgehead atoms. The molecule has 1 atom stereocenters. The van der Waals surface area contributed by atoms with Crippen molar-refractivity contribution in [2.75, 3.05) is 5.73 Å². The summed E-state index contributed by atoms with van der Waals surface area (Å²) in [5, 5.41) is 2.68. The molecule has 0 aliphatic carbocycles. The lowest BCUT2D eigenvalue weighted by Gasteiger charge is -2.23. The Morgan fingerprint density at radius 1 is 1.35 bits per heavy atom. The van der Waals surface area contributed by atoms with E-state index in [0.717, 1.165) is 5.56 Å². The van der Waals surface area contributed by atoms with Crippen LogP contribution in [0.25, 0.3) is 0 Å². The topological polar surface area (TPSA) is 90.4 Å². The van der Waals surface area contributed by atoms with Gasteiger partial charge in [0.25, 0.3) is 0 Å². The number of hydrogen-bond acceptors (Lipinski definition) is 4. The lowest BCUT2D eigenvalue weighted by molar-refractivity contribution is 0.0518. The summed E-state index contributed by atoms with van der Waals surface area (Å²) in [6, 6.07) is 6.87. The number of alkyl carbamates (subject to hydrolysis) is 1. The highest BCUT2D eigenvalue weighted by Crippen LogP contribution is 2.10. The van der Waals surface area contributed by atoms with Crippen LogP contribution in [0.3, 0.4) is 0 Å². The molecule has 1 rings (SSSR count). The maximum atomic E-state index is 11.7. The smallest absolute Gasteiger partial charge is 0.408 e. The number of carbonyl (C=O) groups is 1. The van der Waals surface area contributed by atoms with Crippen LogP contribution in [0.4, 0.5) is 10.5 Å². The molecule has 1 aromatic rings. The predicted molar refractivity (Wildman–Crippen MR) is 84.5 cm³/mol. The molecule has 0 saturated carbocycles. The minimum Gasteiger partial charge on any atom is -0.444 e. The molecule has 0 aliphatic rings. The van der Waals surface area contributed by atoms with Gasteiger partial charge in [0.2, 0.25) is 0 Å². The third-order valence-corrected chi connectivity index (χ3v) is 2.74. The van der Waals surface area contributed by atoms with Crippen molar-refractivity contribution in [2.24, 2.45) is 5.73 Å². The summed E-state index contributed by atoms with van der Waals surface area (Å²) in [5.74, 6) is 0. The van der Waals surface area contributed by atoms with Crippen molar-refractivity contribution in [1.29, 1.82) is 0 Å². The van der Waals surface area contributed by atoms with Crippen LogP contribution >= 0.6 is 12.2 Å². The second-order valence-electron chi connectivity index (χ2n) is 5.55. The summed E-state index contributed by atoms with van der Waals surface area (Å²) in [4.78, 5) is 12.0. The Balaban J connectivity index is 2.68. The Morgan fingerprint density at radius 2 is 1.90 bits per heavy atom. The summed E-state index contributed by atoms with van der Waals surface area (Å²) in [6.07, 6.45) is -0.0415. The average Bonchev–Trinajstić information content (AvgIpc) is 2.28. The quantitative estimate of drug-likeness (QED) is 0.584. The fraction of sp³-hybridized carbons (Fsp3) is 0.429. The van der Waals surface area contributed by atoms with Gasteiger partial charge in [-0.1, -0.05) is 24.4 Å². The number of ether oxygens (including phenoxy) is 1. The van der Waals surface area contributed by atoms with Gasteiger partial charge in [-0.15, -0.1) is 0 Å². The summed E-state index contributed by atoms with van der Waals surface area (Å²) < 4.78 is 5.19. The molecule has 0 unspecified atom stereocenters. The van der Waals surface area contributed by atoms with Gasteiger partial charge in [0.05, 0.1) is 11.0 Å². The molecule has 6 heteroatoms. The molecule has 0 aromatic heterocycles. The van der Waals surface area contributed by atoms with Gasteiger partial charge in [-0.25, -0.2) is 4.79 Å². The molecule has 110 valence electrons. The van der Waals surface area contributed by atoms with Gasteiger partial charge < -0.3 is 21.5 Å². The molecule has 0 saturated heterocycles. The van der Waals surface area contributed by atoms with Gasteiger partial charge >= 0.3 is 6.09 Å². The molecular weight excluding hydrogens is 274 g/mol. The van der Waals surface area contributed by atoms with E-state index < -0.39 is 17.7 Å². The number of carbonyl (C=O) groups excluding carboxylic acids is 1. The second-order valence-corrected chi connectivity index (χ2v) is 6.02. The number of benzene rings is 1. The van der Waals surface area contributed by atoms with Crippen molar-refractivity contribution >= 4 is 29.0 Å². The van der Waals surface area contributed by atoms with E-state index in [1.54, 1.807) is 32.9 Å². The first-order valence-corrected chi connectivity index (χ1v) is 6.71. The van der Waals surface area contributed by atoms with Gasteiger partial charge in [0, 0.05) is 5.69 Å². The molecule has 1 amide bonds. The van der Waals surface area contributed by atoms with Crippen molar-refractivity contribution in [3.8, 4) is 0 Å². The molecule has 0 aliphatic heterocycles. The molecule has 20 heavy (non-hydrogen) atoms. The normalized spacial score (nSPS) is 12.6. The molecular formula is C14H21N3O2S. The summed E-state index contributed by atoms with van der Waals surface area (Å²) >= 11 is 4.98. The highest BCUT2D eigenvalue weighted by Gasteiger charge is 2.21. The van der Waals surface area contributed by atoms with Crippen LogP contribution in [0.1, 0.15) is 26.3 Å². The third-order valence-electron chi connectivity index (χ3n) is 2.45. The predicted octanol–water partition coefficient (Wildman–Crippen LogP) is 1.99. The minimum atomic E-state index is -0.563. The van der Waals surface area contributed by atoms with Crippen LogP contribution in [0, 0.1) is 0 Å². The number of rotatable bonds is 4. The Hall–Kier alpha value is -1.82. The van der Waals surface area contributed by atoms with Crippen LogP contribution in [-0.4, -0.2) is 22.7 Å². The lowest BCUT2D eigenvalue weighted by atomic mass is 10.1. The molecule has 1 aromatic carbocycles. The number of hydrogen-bond donors (Lipinski definition) is 3. The first-order valence-electron chi connectivity index (χ1n) is 6.30. The zero-order valence-electron chi connectivity index (χ0n) is 12.0. The van der Waals surface area contributed by atoms with E-state index in [1.807, 2.05) is 12.1 Å². The van der Waals surface area contributed by atoms with Crippen molar-refractivity contribution < 1.29 is 9.53 Å². The molecule has 0 radical (unpaired) electrons. The van der Waals surface area contributed by atoms with Crippen LogP contribution in [0.2, 0.25) is 0 Å². The Labute approximate surface area is 124 Å². The van der Waals surface area contributed by atoms with E-state index in [2.05, 4.69) is 5.32 Å². The number of anilines is 1. The standard InChI is InChI=1S/C14H21N3O2S/c1-14(2,3)19-13(18)17-11(12(16)20)8-9-4-6-10(15)7-5-9/h4-7,11H,8,15H2,1-3H3,(H2,16,20)(H,17,18)/t11-/m0/s1. The van der Waals surface area contributed by atoms with E-state index in [1.165, 1.54) is 0 Å². The van der Waals surface area contributed by atoms with E-state index in [9.17, 15) is 4.79 Å². The first kappa shape index (κ1) is 16.2. The first-order chi connectivity index (χ1) is 9.17. The van der Waals surface area contributed by atoms with Gasteiger partial charge in [0.15, 0.2) is 0 Å². The maximum absolute atomic E-state index is 11.7. The van der Waals surface area contributed by atoms with Crippen LogP contribution < -0.4 is 16.8 Å². The van der Waals surface area contributed by atoms with E-state index in [-0.39, 0.29) is 4.99 Å². The minimum absolute atomic E-state index is 0.215. The van der Waals surface area contributed by atoms with E-state index in [0.29, 0.717) is 12.1 Å². The third kappa shape index (κ3) is 5.88. The molecule has 0 spiro atoms. The molecule has 0 heterocycles. The number of nitrogens with one attached hydrogen (secondary N) is 1. The van der Waals surface area contributed by atoms with Crippen LogP contribution in [-0.2, 0) is 11.2 Å². The summed E-state index contributed by atoms with van der Waals surface area (Å²) in [6.45, 7) is 5.38. The number of nitrogens with two attached hydrogens (primary N) is 2. The molecule has 5 nitrogen and oxygen atoms in total. The molecule has 5 N–H and O–H groups in total. The summed E-state index contributed by atoms with van der Waals surface area (Å²) in [7, 11) is 0. The highest BCUT2D eigenvalue weighted by atomic mass is 32.1. The SMILES string of the molecule is CC(C)(C)OC(=O)N[C@@H](Cc1ccc(N)cc1)C(N)=S. The van der Waals surface area contributed by atoms with Gasteiger partial charge in [0.1, 0.15) is 5.60 Å².